The summed E-state index contributed by atoms with van der Waals surface area (Å²) in [6.07, 6.45) is 0.880. The number of hydrogen-bond acceptors (Lipinski definition) is 4. The summed E-state index contributed by atoms with van der Waals surface area (Å²) < 4.78 is 19.4. The van der Waals surface area contributed by atoms with Gasteiger partial charge in [0.25, 0.3) is 5.91 Å². The standard InChI is InChI=1S/C24H26FN3O3/c1-5-14(2)17-12-18(15-6-8-16(25)9-7-15)27-19-13-20(31-21(17)19)22(29)28-11-10-26-23(30)24(28,3)4/h6-9,12-14H,5,10-11H2,1-4H3,(H,26,30)/t14-/m0/s1. The van der Waals surface area contributed by atoms with E-state index in [4.69, 9.17) is 4.42 Å². The molecule has 0 aliphatic carbocycles. The lowest BCUT2D eigenvalue weighted by Crippen LogP contribution is -2.63. The van der Waals surface area contributed by atoms with Crippen LogP contribution >= 0.6 is 0 Å². The number of nitrogens with one attached hydrogen (secondary N) is 1. The predicted molar refractivity (Wildman–Crippen MR) is 116 cm³/mol. The fourth-order valence-electron chi connectivity index (χ4n) is 3.89. The van der Waals surface area contributed by atoms with Gasteiger partial charge >= 0.3 is 0 Å². The molecule has 0 bridgehead atoms. The molecule has 2 amide bonds. The highest BCUT2D eigenvalue weighted by atomic mass is 19.1. The van der Waals surface area contributed by atoms with E-state index >= 15 is 0 Å². The van der Waals surface area contributed by atoms with Crippen molar-refractivity contribution in [1.82, 2.24) is 15.2 Å². The Balaban J connectivity index is 1.81. The molecule has 6 nitrogen and oxygen atoms in total. The van der Waals surface area contributed by atoms with Gasteiger partial charge in [0.05, 0.1) is 5.69 Å². The first-order valence-corrected chi connectivity index (χ1v) is 10.5. The molecule has 4 rings (SSSR count). The average molecular weight is 423 g/mol. The number of pyridine rings is 1. The number of nitrogens with zero attached hydrogens (tertiary/aromatic N) is 2. The molecule has 1 atom stereocenters. The monoisotopic (exact) mass is 423 g/mol. The largest absolute Gasteiger partial charge is 0.449 e. The molecule has 1 aromatic carbocycles. The van der Waals surface area contributed by atoms with Crippen molar-refractivity contribution in [3.8, 4) is 11.3 Å². The zero-order chi connectivity index (χ0) is 22.3. The number of carbonyl (C=O) groups is 2. The van der Waals surface area contributed by atoms with Gasteiger partial charge in [-0.3, -0.25) is 9.59 Å². The van der Waals surface area contributed by atoms with E-state index in [-0.39, 0.29) is 29.3 Å². The molecule has 162 valence electrons. The number of fused-ring (bicyclic) bond motifs is 1. The minimum atomic E-state index is -0.972. The van der Waals surface area contributed by atoms with Crippen LogP contribution in [0, 0.1) is 5.82 Å². The number of piperazine rings is 1. The van der Waals surface area contributed by atoms with Gasteiger partial charge in [0.1, 0.15) is 16.9 Å². The zero-order valence-electron chi connectivity index (χ0n) is 18.2. The van der Waals surface area contributed by atoms with Crippen molar-refractivity contribution >= 4 is 22.9 Å². The van der Waals surface area contributed by atoms with Crippen molar-refractivity contribution in [2.75, 3.05) is 13.1 Å². The predicted octanol–water partition coefficient (Wildman–Crippen LogP) is 4.50. The molecule has 0 saturated carbocycles. The Morgan fingerprint density at radius 2 is 2.00 bits per heavy atom. The number of aromatic nitrogens is 1. The molecule has 2 aromatic heterocycles. The van der Waals surface area contributed by atoms with Crippen LogP contribution in [0.5, 0.6) is 0 Å². The van der Waals surface area contributed by atoms with Crippen molar-refractivity contribution in [1.29, 1.82) is 0 Å². The van der Waals surface area contributed by atoms with E-state index in [1.807, 2.05) is 6.07 Å². The molecule has 3 aromatic rings. The normalized spacial score (nSPS) is 16.9. The Morgan fingerprint density at radius 3 is 2.68 bits per heavy atom. The molecule has 1 aliphatic heterocycles. The number of furan rings is 1. The number of carbonyl (C=O) groups excluding carboxylic acids is 2. The summed E-state index contributed by atoms with van der Waals surface area (Å²) >= 11 is 0. The summed E-state index contributed by atoms with van der Waals surface area (Å²) in [7, 11) is 0. The summed E-state index contributed by atoms with van der Waals surface area (Å²) in [5.74, 6) is -0.505. The molecule has 0 unspecified atom stereocenters. The van der Waals surface area contributed by atoms with Crippen LogP contribution in [0.2, 0.25) is 0 Å². The summed E-state index contributed by atoms with van der Waals surface area (Å²) in [5, 5.41) is 2.79. The van der Waals surface area contributed by atoms with Crippen LogP contribution in [0.15, 0.2) is 40.8 Å². The number of hydrogen-bond donors (Lipinski definition) is 1. The van der Waals surface area contributed by atoms with Crippen LogP contribution in [0.1, 0.15) is 56.2 Å². The third kappa shape index (κ3) is 3.69. The second-order valence-electron chi connectivity index (χ2n) is 8.51. The SMILES string of the molecule is CC[C@H](C)c1cc(-c2ccc(F)cc2)nc2cc(C(=O)N3CCNC(=O)C3(C)C)oc12. The average Bonchev–Trinajstić information content (AvgIpc) is 3.18. The number of halogens is 1. The van der Waals surface area contributed by atoms with Crippen molar-refractivity contribution in [2.45, 2.75) is 45.6 Å². The van der Waals surface area contributed by atoms with Crippen LogP contribution in [0.3, 0.4) is 0 Å². The fourth-order valence-corrected chi connectivity index (χ4v) is 3.89. The Hall–Kier alpha value is -3.22. The Morgan fingerprint density at radius 1 is 1.29 bits per heavy atom. The van der Waals surface area contributed by atoms with E-state index in [9.17, 15) is 14.0 Å². The molecule has 31 heavy (non-hydrogen) atoms. The van der Waals surface area contributed by atoms with Crippen LogP contribution in [-0.4, -0.2) is 40.3 Å². The smallest absolute Gasteiger partial charge is 0.290 e. The quantitative estimate of drug-likeness (QED) is 0.671. The van der Waals surface area contributed by atoms with E-state index in [0.29, 0.717) is 29.9 Å². The van der Waals surface area contributed by atoms with Crippen molar-refractivity contribution in [2.24, 2.45) is 0 Å². The summed E-state index contributed by atoms with van der Waals surface area (Å²) in [6.45, 7) is 8.42. The minimum Gasteiger partial charge on any atom is -0.449 e. The molecule has 0 spiro atoms. The second-order valence-corrected chi connectivity index (χ2v) is 8.51. The van der Waals surface area contributed by atoms with Gasteiger partial charge in [0, 0.05) is 30.3 Å². The van der Waals surface area contributed by atoms with Crippen LogP contribution in [0.4, 0.5) is 4.39 Å². The molecule has 1 saturated heterocycles. The maximum Gasteiger partial charge on any atom is 0.290 e. The first kappa shape index (κ1) is 21.0. The molecule has 3 heterocycles. The number of amides is 2. The van der Waals surface area contributed by atoms with Crippen molar-refractivity contribution < 1.29 is 18.4 Å². The number of rotatable bonds is 4. The zero-order valence-corrected chi connectivity index (χ0v) is 18.2. The highest BCUT2D eigenvalue weighted by molar-refractivity contribution is 6.00. The lowest BCUT2D eigenvalue weighted by Gasteiger charge is -2.40. The Labute approximate surface area is 180 Å². The van der Waals surface area contributed by atoms with Gasteiger partial charge in [-0.05, 0) is 56.5 Å². The highest BCUT2D eigenvalue weighted by Crippen LogP contribution is 2.34. The molecule has 1 fully saturated rings. The van der Waals surface area contributed by atoms with E-state index < -0.39 is 5.54 Å². The van der Waals surface area contributed by atoms with Crippen molar-refractivity contribution in [3.63, 3.8) is 0 Å². The van der Waals surface area contributed by atoms with E-state index in [1.54, 1.807) is 32.0 Å². The van der Waals surface area contributed by atoms with Crippen molar-refractivity contribution in [3.05, 3.63) is 53.5 Å². The first-order valence-electron chi connectivity index (χ1n) is 10.5. The van der Waals surface area contributed by atoms with Gasteiger partial charge in [-0.2, -0.15) is 0 Å². The van der Waals surface area contributed by atoms with Gasteiger partial charge in [-0.25, -0.2) is 9.37 Å². The van der Waals surface area contributed by atoms with Gasteiger partial charge in [0.2, 0.25) is 5.91 Å². The van der Waals surface area contributed by atoms with Gasteiger partial charge in [-0.1, -0.05) is 13.8 Å². The maximum atomic E-state index is 13.4. The van der Waals surface area contributed by atoms with Crippen LogP contribution in [0.25, 0.3) is 22.4 Å². The van der Waals surface area contributed by atoms with E-state index in [2.05, 4.69) is 24.1 Å². The maximum absolute atomic E-state index is 13.4. The van der Waals surface area contributed by atoms with Crippen LogP contribution in [-0.2, 0) is 4.79 Å². The molecular weight excluding hydrogens is 397 g/mol. The fraction of sp³-hybridized carbons (Fsp3) is 0.375. The van der Waals surface area contributed by atoms with Crippen LogP contribution < -0.4 is 5.32 Å². The third-order valence-electron chi connectivity index (χ3n) is 6.10. The van der Waals surface area contributed by atoms with Gasteiger partial charge in [0.15, 0.2) is 11.3 Å². The molecule has 0 radical (unpaired) electrons. The minimum absolute atomic E-state index is 0.158. The molecule has 1 aliphatic rings. The van der Waals surface area contributed by atoms with Gasteiger partial charge < -0.3 is 14.6 Å². The lowest BCUT2D eigenvalue weighted by molar-refractivity contribution is -0.133. The Kier molecular flexibility index (Phi) is 5.29. The lowest BCUT2D eigenvalue weighted by atomic mass is 9.96. The second kappa shape index (κ2) is 7.80. The first-order chi connectivity index (χ1) is 14.7. The molecule has 1 N–H and O–H groups in total. The van der Waals surface area contributed by atoms with E-state index in [0.717, 1.165) is 17.5 Å². The number of benzene rings is 1. The summed E-state index contributed by atoms with van der Waals surface area (Å²) in [4.78, 5) is 31.7. The topological polar surface area (TPSA) is 75.4 Å². The van der Waals surface area contributed by atoms with Gasteiger partial charge in [-0.15, -0.1) is 0 Å². The Bertz CT molecular complexity index is 1150. The third-order valence-corrected chi connectivity index (χ3v) is 6.10. The molecule has 7 heteroatoms. The molecular formula is C24H26FN3O3. The summed E-state index contributed by atoms with van der Waals surface area (Å²) in [5.41, 5.74) is 2.60. The highest BCUT2D eigenvalue weighted by Gasteiger charge is 2.41. The summed E-state index contributed by atoms with van der Waals surface area (Å²) in [6, 6.07) is 9.75. The van der Waals surface area contributed by atoms with E-state index in [1.165, 1.54) is 17.0 Å².